The van der Waals surface area contributed by atoms with Crippen LogP contribution >= 0.6 is 0 Å². The van der Waals surface area contributed by atoms with E-state index in [1.54, 1.807) is 35.3 Å². The van der Waals surface area contributed by atoms with Crippen molar-refractivity contribution in [2.24, 2.45) is 0 Å². The highest BCUT2D eigenvalue weighted by Gasteiger charge is 2.18. The third kappa shape index (κ3) is 3.14. The lowest BCUT2D eigenvalue weighted by molar-refractivity contribution is 0.116. The normalized spacial score (nSPS) is 11.3. The molecular weight excluding hydrogens is 348 g/mol. The number of halogens is 2. The van der Waals surface area contributed by atoms with Crippen LogP contribution in [0.25, 0.3) is 22.7 Å². The van der Waals surface area contributed by atoms with Gasteiger partial charge in [-0.1, -0.05) is 5.21 Å². The fourth-order valence-electron chi connectivity index (χ4n) is 2.24. The Balaban J connectivity index is 1.50. The van der Waals surface area contributed by atoms with Crippen LogP contribution in [0.15, 0.2) is 45.7 Å². The van der Waals surface area contributed by atoms with Crippen molar-refractivity contribution in [1.29, 1.82) is 0 Å². The third-order valence-electron chi connectivity index (χ3n) is 3.47. The van der Waals surface area contributed by atoms with Gasteiger partial charge in [-0.15, -0.1) is 15.3 Å². The fraction of sp³-hybridized carbons (Fsp3) is 0.133. The molecule has 0 unspecified atom stereocenters. The maximum absolute atomic E-state index is 12.5. The first-order valence-corrected chi connectivity index (χ1v) is 7.40. The predicted molar refractivity (Wildman–Crippen MR) is 83.7 cm³/mol. The van der Waals surface area contributed by atoms with Gasteiger partial charge in [0.25, 0.3) is 11.8 Å². The number of hydrogen-bond donors (Lipinski definition) is 1. The smallest absolute Gasteiger partial charge is 0.314 e. The van der Waals surface area contributed by atoms with Crippen LogP contribution in [0.3, 0.4) is 0 Å². The van der Waals surface area contributed by atoms with Gasteiger partial charge in [-0.25, -0.2) is 9.67 Å². The van der Waals surface area contributed by atoms with Crippen LogP contribution in [0.5, 0.6) is 0 Å². The molecule has 0 amide bonds. The number of hydrogen-bond acceptors (Lipinski definition) is 8. The lowest BCUT2D eigenvalue weighted by Crippen LogP contribution is -1.98. The Morgan fingerprint density at radius 2 is 2.04 bits per heavy atom. The molecule has 0 aliphatic rings. The molecule has 0 spiro atoms. The summed E-state index contributed by atoms with van der Waals surface area (Å²) in [6.07, 6.45) is 1.85. The average molecular weight is 359 g/mol. The van der Waals surface area contributed by atoms with Gasteiger partial charge in [-0.2, -0.15) is 8.78 Å². The van der Waals surface area contributed by atoms with E-state index in [1.807, 2.05) is 0 Å². The van der Waals surface area contributed by atoms with Crippen LogP contribution in [0.4, 0.5) is 14.6 Å². The Morgan fingerprint density at radius 3 is 2.77 bits per heavy atom. The molecule has 0 atom stereocenters. The van der Waals surface area contributed by atoms with E-state index in [0.717, 1.165) is 5.56 Å². The minimum Gasteiger partial charge on any atom is -0.467 e. The molecule has 4 heterocycles. The van der Waals surface area contributed by atoms with Gasteiger partial charge in [0.15, 0.2) is 0 Å². The van der Waals surface area contributed by atoms with E-state index in [0.29, 0.717) is 22.8 Å². The maximum atomic E-state index is 12.5. The first kappa shape index (κ1) is 15.9. The molecule has 9 nitrogen and oxygen atoms in total. The number of alkyl halides is 2. The minimum absolute atomic E-state index is 0.0393. The monoisotopic (exact) mass is 359 g/mol. The van der Waals surface area contributed by atoms with E-state index >= 15 is 0 Å². The zero-order valence-electron chi connectivity index (χ0n) is 13.1. The van der Waals surface area contributed by atoms with Crippen molar-refractivity contribution in [3.8, 4) is 22.7 Å². The summed E-state index contributed by atoms with van der Waals surface area (Å²) in [5.41, 5.74) is 7.36. The molecule has 11 heteroatoms. The minimum atomic E-state index is -2.82. The van der Waals surface area contributed by atoms with Crippen molar-refractivity contribution in [3.63, 3.8) is 0 Å². The largest absolute Gasteiger partial charge is 0.467 e. The molecular formula is C15H11F2N7O2. The molecule has 0 radical (unpaired) electrons. The Bertz CT molecular complexity index is 1020. The van der Waals surface area contributed by atoms with Crippen LogP contribution in [0.1, 0.15) is 18.1 Å². The summed E-state index contributed by atoms with van der Waals surface area (Å²) in [4.78, 5) is 4.01. The molecule has 4 aromatic heterocycles. The number of aromatic nitrogens is 6. The zero-order valence-corrected chi connectivity index (χ0v) is 13.1. The first-order valence-electron chi connectivity index (χ1n) is 7.40. The summed E-state index contributed by atoms with van der Waals surface area (Å²) in [6, 6.07) is 5.07. The highest BCUT2D eigenvalue weighted by Crippen LogP contribution is 2.25. The summed E-state index contributed by atoms with van der Waals surface area (Å²) < 4.78 is 36.8. The van der Waals surface area contributed by atoms with E-state index in [9.17, 15) is 8.78 Å². The van der Waals surface area contributed by atoms with Crippen molar-refractivity contribution in [2.45, 2.75) is 13.0 Å². The highest BCUT2D eigenvalue weighted by molar-refractivity contribution is 5.57. The SMILES string of the molecule is Nc1ccc(-c2cn(Cc3cc(-c4nnc(C(F)F)o4)co3)nn2)cn1. The molecule has 0 aliphatic heterocycles. The second kappa shape index (κ2) is 6.35. The van der Waals surface area contributed by atoms with E-state index in [1.165, 1.54) is 6.26 Å². The molecule has 0 fully saturated rings. The molecule has 2 N–H and O–H groups in total. The Labute approximate surface area is 144 Å². The number of pyridine rings is 1. The van der Waals surface area contributed by atoms with Gasteiger partial charge in [-0.3, -0.25) is 0 Å². The summed E-state index contributed by atoms with van der Waals surface area (Å²) in [5.74, 6) is 0.160. The van der Waals surface area contributed by atoms with Crippen LogP contribution in [0.2, 0.25) is 0 Å². The van der Waals surface area contributed by atoms with Gasteiger partial charge in [0.05, 0.1) is 11.8 Å². The highest BCUT2D eigenvalue weighted by atomic mass is 19.3. The van der Waals surface area contributed by atoms with Crippen LogP contribution in [-0.4, -0.2) is 30.2 Å². The van der Waals surface area contributed by atoms with Gasteiger partial charge in [-0.05, 0) is 18.2 Å². The number of nitrogens with two attached hydrogens (primary N) is 1. The summed E-state index contributed by atoms with van der Waals surface area (Å²) >= 11 is 0. The zero-order chi connectivity index (χ0) is 18.1. The van der Waals surface area contributed by atoms with Gasteiger partial charge >= 0.3 is 6.43 Å². The van der Waals surface area contributed by atoms with Crippen LogP contribution < -0.4 is 5.73 Å². The number of nitrogens with zero attached hydrogens (tertiary/aromatic N) is 6. The van der Waals surface area contributed by atoms with Crippen LogP contribution in [-0.2, 0) is 6.54 Å². The standard InChI is InChI=1S/C15H11F2N7O2/c16-13(17)15-22-21-14(26-15)9-3-10(25-7-9)5-24-6-11(20-23-24)8-1-2-12(18)19-4-8/h1-4,6-7,13H,5H2,(H2,18,19). The van der Waals surface area contributed by atoms with Crippen molar-refractivity contribution in [1.82, 2.24) is 30.2 Å². The van der Waals surface area contributed by atoms with Gasteiger partial charge < -0.3 is 14.6 Å². The fourth-order valence-corrected chi connectivity index (χ4v) is 2.24. The number of furan rings is 1. The average Bonchev–Trinajstić information content (AvgIpc) is 3.36. The third-order valence-corrected chi connectivity index (χ3v) is 3.47. The topological polar surface area (TPSA) is 122 Å². The predicted octanol–water partition coefficient (Wildman–Crippen LogP) is 2.55. The number of nitrogen functional groups attached to an aromatic ring is 1. The molecule has 4 rings (SSSR count). The van der Waals surface area contributed by atoms with E-state index in [4.69, 9.17) is 14.6 Å². The van der Waals surface area contributed by atoms with Crippen molar-refractivity contribution in [2.75, 3.05) is 5.73 Å². The lowest BCUT2D eigenvalue weighted by atomic mass is 10.2. The van der Waals surface area contributed by atoms with E-state index in [2.05, 4.69) is 25.5 Å². The second-order valence-electron chi connectivity index (χ2n) is 5.32. The van der Waals surface area contributed by atoms with Crippen molar-refractivity contribution >= 4 is 5.82 Å². The Kier molecular flexibility index (Phi) is 3.88. The Morgan fingerprint density at radius 1 is 1.15 bits per heavy atom. The van der Waals surface area contributed by atoms with E-state index < -0.39 is 12.3 Å². The lowest BCUT2D eigenvalue weighted by Gasteiger charge is -1.96. The summed E-state index contributed by atoms with van der Waals surface area (Å²) in [7, 11) is 0. The Hall–Kier alpha value is -3.63. The molecule has 4 aromatic rings. The van der Waals surface area contributed by atoms with Gasteiger partial charge in [0, 0.05) is 11.8 Å². The summed E-state index contributed by atoms with van der Waals surface area (Å²) in [6.45, 7) is 0.283. The number of rotatable bonds is 5. The van der Waals surface area contributed by atoms with Crippen molar-refractivity contribution < 1.29 is 17.6 Å². The van der Waals surface area contributed by atoms with Gasteiger partial charge in [0.2, 0.25) is 0 Å². The molecule has 0 saturated heterocycles. The molecule has 0 aliphatic carbocycles. The van der Waals surface area contributed by atoms with E-state index in [-0.39, 0.29) is 12.4 Å². The quantitative estimate of drug-likeness (QED) is 0.577. The molecule has 132 valence electrons. The molecule has 0 aromatic carbocycles. The molecule has 26 heavy (non-hydrogen) atoms. The summed E-state index contributed by atoms with van der Waals surface area (Å²) in [5, 5.41) is 14.9. The maximum Gasteiger partial charge on any atom is 0.314 e. The second-order valence-corrected chi connectivity index (χ2v) is 5.32. The van der Waals surface area contributed by atoms with Crippen LogP contribution in [0, 0.1) is 0 Å². The number of anilines is 1. The molecule has 0 saturated carbocycles. The van der Waals surface area contributed by atoms with Gasteiger partial charge in [0.1, 0.15) is 30.1 Å². The van der Waals surface area contributed by atoms with Crippen molar-refractivity contribution in [3.05, 3.63) is 48.5 Å². The molecule has 0 bridgehead atoms. The first-order chi connectivity index (χ1) is 12.6.